The number of aromatic nitrogens is 2. The van der Waals surface area contributed by atoms with Crippen LogP contribution in [0.25, 0.3) is 0 Å². The van der Waals surface area contributed by atoms with Crippen LogP contribution in [0, 0.1) is 0 Å². The fourth-order valence-electron chi connectivity index (χ4n) is 2.96. The van der Waals surface area contributed by atoms with Crippen LogP contribution in [0.2, 0.25) is 0 Å². The van der Waals surface area contributed by atoms with Crippen LogP contribution in [0.4, 0.5) is 5.82 Å². The van der Waals surface area contributed by atoms with E-state index in [4.69, 9.17) is 15.7 Å². The summed E-state index contributed by atoms with van der Waals surface area (Å²) in [6.45, 7) is 0. The van der Waals surface area contributed by atoms with Crippen LogP contribution in [0.5, 0.6) is 0 Å². The second-order valence-electron chi connectivity index (χ2n) is 6.51. The molecule has 3 N–H and O–H groups in total. The topological polar surface area (TPSA) is 63.8 Å². The van der Waals surface area contributed by atoms with Gasteiger partial charge in [0, 0.05) is 35.7 Å². The van der Waals surface area contributed by atoms with E-state index in [0.717, 1.165) is 24.5 Å². The van der Waals surface area contributed by atoms with Gasteiger partial charge in [-0.15, -0.1) is 24.8 Å². The van der Waals surface area contributed by atoms with Crippen LogP contribution in [0.3, 0.4) is 0 Å². The number of hydrogen-bond donors (Lipinski definition) is 2. The van der Waals surface area contributed by atoms with Gasteiger partial charge in [-0.25, -0.2) is 9.97 Å². The van der Waals surface area contributed by atoms with Crippen molar-refractivity contribution in [1.82, 2.24) is 9.97 Å². The first-order valence-electron chi connectivity index (χ1n) is 7.69. The molecule has 0 radical (unpaired) electrons. The summed E-state index contributed by atoms with van der Waals surface area (Å²) in [7, 11) is 0. The summed E-state index contributed by atoms with van der Waals surface area (Å²) in [5, 5.41) is 3.57. The molecule has 0 unspecified atom stereocenters. The van der Waals surface area contributed by atoms with Crippen molar-refractivity contribution in [2.75, 3.05) is 5.32 Å². The Morgan fingerprint density at radius 3 is 2.24 bits per heavy atom. The lowest BCUT2D eigenvalue weighted by atomic mass is 9.78. The average molecular weight is 331 g/mol. The zero-order valence-electron chi connectivity index (χ0n) is 12.1. The standard InChI is InChI=1S/C15H22N4.2ClH/c16-11-6-10(7-11)13-8-14(17-12-2-1-3-12)19-15(18-13)9-4-5-9;;/h8-12H,1-7,16H2,(H,17,18,19);2*1H. The molecule has 0 spiro atoms. The molecular formula is C15H24Cl2N4. The number of anilines is 1. The second-order valence-corrected chi connectivity index (χ2v) is 6.51. The smallest absolute Gasteiger partial charge is 0.134 e. The zero-order valence-corrected chi connectivity index (χ0v) is 13.8. The number of hydrogen-bond acceptors (Lipinski definition) is 4. The van der Waals surface area contributed by atoms with Gasteiger partial charge in [0.25, 0.3) is 0 Å². The molecule has 3 saturated carbocycles. The highest BCUT2D eigenvalue weighted by molar-refractivity contribution is 5.85. The van der Waals surface area contributed by atoms with Gasteiger partial charge in [0.2, 0.25) is 0 Å². The van der Waals surface area contributed by atoms with E-state index in [0.29, 0.717) is 23.9 Å². The predicted molar refractivity (Wildman–Crippen MR) is 89.7 cm³/mol. The quantitative estimate of drug-likeness (QED) is 0.888. The third kappa shape index (κ3) is 3.61. The van der Waals surface area contributed by atoms with Gasteiger partial charge in [-0.1, -0.05) is 0 Å². The van der Waals surface area contributed by atoms with E-state index in [1.165, 1.54) is 37.8 Å². The third-order valence-corrected chi connectivity index (χ3v) is 4.76. The van der Waals surface area contributed by atoms with E-state index >= 15 is 0 Å². The predicted octanol–water partition coefficient (Wildman–Crippen LogP) is 3.37. The minimum atomic E-state index is 0. The van der Waals surface area contributed by atoms with Crippen LogP contribution in [0.15, 0.2) is 6.07 Å². The fourth-order valence-corrected chi connectivity index (χ4v) is 2.96. The van der Waals surface area contributed by atoms with Crippen molar-refractivity contribution in [2.45, 2.75) is 68.9 Å². The molecule has 1 heterocycles. The molecule has 4 nitrogen and oxygen atoms in total. The molecule has 0 atom stereocenters. The van der Waals surface area contributed by atoms with Crippen LogP contribution in [-0.2, 0) is 0 Å². The molecule has 21 heavy (non-hydrogen) atoms. The Hall–Kier alpha value is -0.580. The first-order valence-corrected chi connectivity index (χ1v) is 7.69. The highest BCUT2D eigenvalue weighted by Gasteiger charge is 2.32. The maximum atomic E-state index is 5.91. The van der Waals surface area contributed by atoms with Gasteiger partial charge in [-0.3, -0.25) is 0 Å². The van der Waals surface area contributed by atoms with E-state index in [2.05, 4.69) is 11.4 Å². The van der Waals surface area contributed by atoms with Crippen molar-refractivity contribution in [3.8, 4) is 0 Å². The van der Waals surface area contributed by atoms with Gasteiger partial charge in [0.05, 0.1) is 0 Å². The Balaban J connectivity index is 0.000000807. The summed E-state index contributed by atoms with van der Waals surface area (Å²) in [5.74, 6) is 3.31. The van der Waals surface area contributed by atoms with Crippen LogP contribution < -0.4 is 11.1 Å². The molecule has 3 aliphatic rings. The Bertz CT molecular complexity index is 483. The molecule has 0 aromatic carbocycles. The molecule has 1 aromatic rings. The number of rotatable bonds is 4. The Morgan fingerprint density at radius 2 is 1.71 bits per heavy atom. The number of nitrogens with zero attached hydrogens (tertiary/aromatic N) is 2. The number of nitrogens with two attached hydrogens (primary N) is 1. The van der Waals surface area contributed by atoms with Crippen molar-refractivity contribution in [2.24, 2.45) is 5.73 Å². The average Bonchev–Trinajstić information content (AvgIpc) is 3.13. The second kappa shape index (κ2) is 6.67. The molecule has 0 aliphatic heterocycles. The third-order valence-electron chi connectivity index (χ3n) is 4.76. The van der Waals surface area contributed by atoms with E-state index in [1.54, 1.807) is 0 Å². The summed E-state index contributed by atoms with van der Waals surface area (Å²) in [6.07, 6.45) is 8.61. The lowest BCUT2D eigenvalue weighted by Crippen LogP contribution is -2.35. The van der Waals surface area contributed by atoms with Gasteiger partial charge in [-0.2, -0.15) is 0 Å². The lowest BCUT2D eigenvalue weighted by Gasteiger charge is -2.33. The lowest BCUT2D eigenvalue weighted by molar-refractivity contribution is 0.344. The highest BCUT2D eigenvalue weighted by Crippen LogP contribution is 2.41. The van der Waals surface area contributed by atoms with Crippen molar-refractivity contribution < 1.29 is 0 Å². The summed E-state index contributed by atoms with van der Waals surface area (Å²) in [5.41, 5.74) is 7.13. The summed E-state index contributed by atoms with van der Waals surface area (Å²) < 4.78 is 0. The van der Waals surface area contributed by atoms with Crippen LogP contribution in [0.1, 0.15) is 68.3 Å². The van der Waals surface area contributed by atoms with Crippen molar-refractivity contribution in [3.05, 3.63) is 17.6 Å². The summed E-state index contributed by atoms with van der Waals surface area (Å²) in [4.78, 5) is 9.52. The molecular weight excluding hydrogens is 307 g/mol. The maximum Gasteiger partial charge on any atom is 0.134 e. The largest absolute Gasteiger partial charge is 0.367 e. The monoisotopic (exact) mass is 330 g/mol. The molecule has 0 bridgehead atoms. The van der Waals surface area contributed by atoms with E-state index in [-0.39, 0.29) is 24.8 Å². The number of halogens is 2. The van der Waals surface area contributed by atoms with Crippen LogP contribution in [-0.4, -0.2) is 22.1 Å². The van der Waals surface area contributed by atoms with Gasteiger partial charge >= 0.3 is 0 Å². The van der Waals surface area contributed by atoms with Crippen molar-refractivity contribution in [1.29, 1.82) is 0 Å². The first kappa shape index (κ1) is 16.8. The normalized spacial score (nSPS) is 27.7. The van der Waals surface area contributed by atoms with E-state index in [9.17, 15) is 0 Å². The van der Waals surface area contributed by atoms with Crippen molar-refractivity contribution >= 4 is 30.6 Å². The molecule has 6 heteroatoms. The van der Waals surface area contributed by atoms with Crippen molar-refractivity contribution in [3.63, 3.8) is 0 Å². The van der Waals surface area contributed by atoms with Crippen LogP contribution >= 0.6 is 24.8 Å². The molecule has 3 aliphatic carbocycles. The van der Waals surface area contributed by atoms with Gasteiger partial charge in [0.15, 0.2) is 0 Å². The molecule has 118 valence electrons. The minimum absolute atomic E-state index is 0. The fraction of sp³-hybridized carbons (Fsp3) is 0.733. The minimum Gasteiger partial charge on any atom is -0.367 e. The summed E-state index contributed by atoms with van der Waals surface area (Å²) >= 11 is 0. The zero-order chi connectivity index (χ0) is 12.8. The molecule has 0 saturated heterocycles. The first-order chi connectivity index (χ1) is 9.28. The number of nitrogens with one attached hydrogen (secondary N) is 1. The maximum absolute atomic E-state index is 5.91. The van der Waals surface area contributed by atoms with E-state index < -0.39 is 0 Å². The van der Waals surface area contributed by atoms with E-state index in [1.807, 2.05) is 0 Å². The van der Waals surface area contributed by atoms with Gasteiger partial charge in [0.1, 0.15) is 11.6 Å². The van der Waals surface area contributed by atoms with Gasteiger partial charge < -0.3 is 11.1 Å². The Kier molecular flexibility index (Phi) is 5.33. The molecule has 3 fully saturated rings. The Morgan fingerprint density at radius 1 is 1.00 bits per heavy atom. The molecule has 4 rings (SSSR count). The summed E-state index contributed by atoms with van der Waals surface area (Å²) in [6, 6.07) is 3.19. The Labute approximate surface area is 138 Å². The van der Waals surface area contributed by atoms with Gasteiger partial charge in [-0.05, 0) is 44.9 Å². The SMILES string of the molecule is Cl.Cl.NC1CC(c2cc(NC3CCC3)nc(C3CC3)n2)C1. The molecule has 0 amide bonds. The highest BCUT2D eigenvalue weighted by atomic mass is 35.5. The molecule has 1 aromatic heterocycles.